The van der Waals surface area contributed by atoms with Crippen molar-refractivity contribution in [3.63, 3.8) is 0 Å². The number of nitrogens with one attached hydrogen (secondary N) is 1. The predicted molar refractivity (Wildman–Crippen MR) is 91.5 cm³/mol. The third-order valence-electron chi connectivity index (χ3n) is 4.89. The molecular formula is C19H27NO4. The van der Waals surface area contributed by atoms with Gasteiger partial charge in [-0.1, -0.05) is 50.1 Å². The first-order chi connectivity index (χ1) is 11.5. The van der Waals surface area contributed by atoms with Crippen LogP contribution in [-0.4, -0.2) is 23.7 Å². The largest absolute Gasteiger partial charge is 0.481 e. The van der Waals surface area contributed by atoms with Gasteiger partial charge in [0.1, 0.15) is 6.61 Å². The van der Waals surface area contributed by atoms with Crippen LogP contribution >= 0.6 is 0 Å². The maximum atomic E-state index is 11.9. The molecule has 1 atom stereocenters. The number of carbonyl (C=O) groups excluding carboxylic acids is 1. The standard InChI is InChI=1S/C19H27NO4/c1-14-7-9-16(10-8-14)17(11-18(21)22)12-20-19(23)24-13-15-5-3-2-4-6-15/h2-6,14,16-17H,7-13H2,1H3,(H,20,23)(H,21,22). The van der Waals surface area contributed by atoms with Gasteiger partial charge < -0.3 is 15.2 Å². The molecule has 132 valence electrons. The van der Waals surface area contributed by atoms with Crippen LogP contribution in [0, 0.1) is 17.8 Å². The fourth-order valence-electron chi connectivity index (χ4n) is 3.38. The Morgan fingerprint density at radius 3 is 2.50 bits per heavy atom. The minimum atomic E-state index is -0.807. The number of carboxylic acid groups (broad SMARTS) is 1. The van der Waals surface area contributed by atoms with Crippen molar-refractivity contribution in [2.45, 2.75) is 45.6 Å². The molecule has 1 amide bonds. The molecule has 24 heavy (non-hydrogen) atoms. The Morgan fingerprint density at radius 2 is 1.88 bits per heavy atom. The Labute approximate surface area is 143 Å². The first-order valence-electron chi connectivity index (χ1n) is 8.71. The monoisotopic (exact) mass is 333 g/mol. The fraction of sp³-hybridized carbons (Fsp3) is 0.579. The molecule has 5 nitrogen and oxygen atoms in total. The average Bonchev–Trinajstić information content (AvgIpc) is 2.58. The number of ether oxygens (including phenoxy) is 1. The van der Waals surface area contributed by atoms with E-state index in [9.17, 15) is 9.59 Å². The van der Waals surface area contributed by atoms with Crippen LogP contribution in [0.2, 0.25) is 0 Å². The van der Waals surface area contributed by atoms with Gasteiger partial charge in [0.05, 0.1) is 6.42 Å². The minimum Gasteiger partial charge on any atom is -0.481 e. The van der Waals surface area contributed by atoms with Gasteiger partial charge in [-0.25, -0.2) is 4.79 Å². The zero-order chi connectivity index (χ0) is 17.4. The summed E-state index contributed by atoms with van der Waals surface area (Å²) in [5.74, 6) is 0.250. The van der Waals surface area contributed by atoms with Gasteiger partial charge in [-0.15, -0.1) is 0 Å². The average molecular weight is 333 g/mol. The minimum absolute atomic E-state index is 0.0284. The normalized spacial score (nSPS) is 21.7. The molecule has 1 aliphatic rings. The van der Waals surface area contributed by atoms with E-state index in [0.29, 0.717) is 12.5 Å². The zero-order valence-electron chi connectivity index (χ0n) is 14.2. The number of amides is 1. The van der Waals surface area contributed by atoms with Crippen molar-refractivity contribution in [3.8, 4) is 0 Å². The Hall–Kier alpha value is -2.04. The summed E-state index contributed by atoms with van der Waals surface area (Å²) < 4.78 is 5.19. The molecule has 1 aromatic rings. The highest BCUT2D eigenvalue weighted by Crippen LogP contribution is 2.34. The summed E-state index contributed by atoms with van der Waals surface area (Å²) in [7, 11) is 0. The lowest BCUT2D eigenvalue weighted by atomic mass is 9.75. The molecule has 1 saturated carbocycles. The highest BCUT2D eigenvalue weighted by atomic mass is 16.5. The van der Waals surface area contributed by atoms with Crippen LogP contribution < -0.4 is 5.32 Å². The molecule has 0 spiro atoms. The number of carbonyl (C=O) groups is 2. The van der Waals surface area contributed by atoms with Gasteiger partial charge in [0, 0.05) is 6.54 Å². The third-order valence-corrected chi connectivity index (χ3v) is 4.89. The number of alkyl carbamates (subject to hydrolysis) is 1. The highest BCUT2D eigenvalue weighted by Gasteiger charge is 2.28. The van der Waals surface area contributed by atoms with E-state index in [1.807, 2.05) is 30.3 Å². The smallest absolute Gasteiger partial charge is 0.407 e. The third kappa shape index (κ3) is 6.22. The van der Waals surface area contributed by atoms with E-state index in [1.54, 1.807) is 0 Å². The molecule has 1 fully saturated rings. The molecule has 5 heteroatoms. The van der Waals surface area contributed by atoms with Crippen molar-refractivity contribution in [2.75, 3.05) is 6.54 Å². The second kappa shape index (κ2) is 9.30. The molecule has 1 aliphatic carbocycles. The highest BCUT2D eigenvalue weighted by molar-refractivity contribution is 5.68. The van der Waals surface area contributed by atoms with E-state index in [2.05, 4.69) is 12.2 Å². The van der Waals surface area contributed by atoms with Crippen molar-refractivity contribution in [3.05, 3.63) is 35.9 Å². The van der Waals surface area contributed by atoms with E-state index < -0.39 is 12.1 Å². The van der Waals surface area contributed by atoms with Crippen LogP contribution in [0.5, 0.6) is 0 Å². The molecule has 0 saturated heterocycles. The number of carboxylic acids is 1. The molecule has 1 unspecified atom stereocenters. The van der Waals surface area contributed by atoms with Crippen LogP contribution in [0.3, 0.4) is 0 Å². The summed E-state index contributed by atoms with van der Waals surface area (Å²) in [6.45, 7) is 2.82. The van der Waals surface area contributed by atoms with Crippen molar-refractivity contribution < 1.29 is 19.4 Å². The van der Waals surface area contributed by atoms with Gasteiger partial charge in [0.25, 0.3) is 0 Å². The quantitative estimate of drug-likeness (QED) is 0.795. The maximum absolute atomic E-state index is 11.9. The number of benzene rings is 1. The summed E-state index contributed by atoms with van der Waals surface area (Å²) in [5.41, 5.74) is 0.927. The fourth-order valence-corrected chi connectivity index (χ4v) is 3.38. The maximum Gasteiger partial charge on any atom is 0.407 e. The number of hydrogen-bond donors (Lipinski definition) is 2. The lowest BCUT2D eigenvalue weighted by molar-refractivity contribution is -0.138. The van der Waals surface area contributed by atoms with Crippen LogP contribution in [0.15, 0.2) is 30.3 Å². The van der Waals surface area contributed by atoms with E-state index >= 15 is 0 Å². The van der Waals surface area contributed by atoms with Gasteiger partial charge in [-0.2, -0.15) is 0 Å². The Morgan fingerprint density at radius 1 is 1.21 bits per heavy atom. The summed E-state index contributed by atoms with van der Waals surface area (Å²) >= 11 is 0. The van der Waals surface area contributed by atoms with Crippen molar-refractivity contribution >= 4 is 12.1 Å². The molecule has 0 heterocycles. The molecule has 2 N–H and O–H groups in total. The Bertz CT molecular complexity index is 523. The molecule has 0 aliphatic heterocycles. The summed E-state index contributed by atoms with van der Waals surface area (Å²) in [4.78, 5) is 23.0. The van der Waals surface area contributed by atoms with Crippen molar-refractivity contribution in [2.24, 2.45) is 17.8 Å². The van der Waals surface area contributed by atoms with Crippen molar-refractivity contribution in [1.82, 2.24) is 5.32 Å². The topological polar surface area (TPSA) is 75.6 Å². The number of rotatable bonds is 7. The van der Waals surface area contributed by atoms with E-state index in [-0.39, 0.29) is 18.9 Å². The molecule has 1 aromatic carbocycles. The molecule has 0 bridgehead atoms. The Kier molecular flexibility index (Phi) is 7.09. The Balaban J connectivity index is 1.78. The zero-order valence-corrected chi connectivity index (χ0v) is 14.2. The van der Waals surface area contributed by atoms with Gasteiger partial charge in [-0.3, -0.25) is 4.79 Å². The second-order valence-corrected chi connectivity index (χ2v) is 6.82. The summed E-state index contributed by atoms with van der Waals surface area (Å²) in [5, 5.41) is 11.9. The molecule has 0 radical (unpaired) electrons. The lowest BCUT2D eigenvalue weighted by Crippen LogP contribution is -2.35. The first kappa shape index (κ1) is 18.3. The van der Waals surface area contributed by atoms with Crippen LogP contribution in [0.25, 0.3) is 0 Å². The lowest BCUT2D eigenvalue weighted by Gasteiger charge is -2.32. The van der Waals surface area contributed by atoms with E-state index in [0.717, 1.165) is 37.2 Å². The van der Waals surface area contributed by atoms with Crippen LogP contribution in [0.1, 0.15) is 44.6 Å². The van der Waals surface area contributed by atoms with Gasteiger partial charge in [0.15, 0.2) is 0 Å². The SMILES string of the molecule is CC1CCC(C(CNC(=O)OCc2ccccc2)CC(=O)O)CC1. The second-order valence-electron chi connectivity index (χ2n) is 6.82. The van der Waals surface area contributed by atoms with Gasteiger partial charge in [-0.05, 0) is 36.2 Å². The van der Waals surface area contributed by atoms with Gasteiger partial charge >= 0.3 is 12.1 Å². The molecule has 2 rings (SSSR count). The van der Waals surface area contributed by atoms with Crippen molar-refractivity contribution in [1.29, 1.82) is 0 Å². The summed E-state index contributed by atoms with van der Waals surface area (Å²) in [6, 6.07) is 9.48. The van der Waals surface area contributed by atoms with Crippen LogP contribution in [0.4, 0.5) is 4.79 Å². The summed E-state index contributed by atoms with van der Waals surface area (Å²) in [6.07, 6.45) is 3.97. The van der Waals surface area contributed by atoms with E-state index in [4.69, 9.17) is 9.84 Å². The predicted octanol–water partition coefficient (Wildman–Crippen LogP) is 3.83. The van der Waals surface area contributed by atoms with Gasteiger partial charge in [0.2, 0.25) is 0 Å². The first-order valence-corrected chi connectivity index (χ1v) is 8.71. The van der Waals surface area contributed by atoms with E-state index in [1.165, 1.54) is 0 Å². The van der Waals surface area contributed by atoms with Crippen LogP contribution in [-0.2, 0) is 16.1 Å². The molecule has 0 aromatic heterocycles. The number of aliphatic carboxylic acids is 1. The molecular weight excluding hydrogens is 306 g/mol. The number of hydrogen-bond acceptors (Lipinski definition) is 3.